The van der Waals surface area contributed by atoms with Crippen LogP contribution in [-0.4, -0.2) is 47.1 Å². The van der Waals surface area contributed by atoms with E-state index in [0.29, 0.717) is 11.2 Å². The lowest BCUT2D eigenvalue weighted by Gasteiger charge is -2.32. The van der Waals surface area contributed by atoms with E-state index in [1.165, 1.54) is 13.3 Å². The van der Waals surface area contributed by atoms with Gasteiger partial charge in [0.25, 0.3) is 5.88 Å². The second-order valence-electron chi connectivity index (χ2n) is 6.16. The summed E-state index contributed by atoms with van der Waals surface area (Å²) in [5.41, 5.74) is 5.75. The van der Waals surface area contributed by atoms with Crippen molar-refractivity contribution in [2.75, 3.05) is 19.5 Å². The molecule has 0 aliphatic carbocycles. The van der Waals surface area contributed by atoms with Gasteiger partial charge in [0.1, 0.15) is 0 Å². The van der Waals surface area contributed by atoms with Crippen molar-refractivity contribution in [2.45, 2.75) is 38.9 Å². The molecule has 7 nitrogen and oxygen atoms in total. The number of aromatic nitrogens is 2. The second-order valence-corrected chi connectivity index (χ2v) is 6.16. The average molecular weight is 307 g/mol. The highest BCUT2D eigenvalue weighted by molar-refractivity contribution is 6.55. The zero-order chi connectivity index (χ0) is 16.5. The van der Waals surface area contributed by atoms with Crippen LogP contribution in [-0.2, 0) is 9.31 Å². The molecule has 0 saturated carbocycles. The van der Waals surface area contributed by atoms with Crippen LogP contribution in [0.1, 0.15) is 33.4 Å². The monoisotopic (exact) mass is 307 g/mol. The number of ether oxygens (including phenoxy) is 1. The molecular formula is C14H22BN3O4. The summed E-state index contributed by atoms with van der Waals surface area (Å²) in [6.45, 7) is 7.59. The number of methoxy groups -OCH3 is 1. The summed E-state index contributed by atoms with van der Waals surface area (Å²) in [4.78, 5) is 8.22. The summed E-state index contributed by atoms with van der Waals surface area (Å²) in [6, 6.07) is 0. The van der Waals surface area contributed by atoms with Gasteiger partial charge in [-0.05, 0) is 39.2 Å². The number of nitrogen functional groups attached to an aromatic ring is 1. The molecule has 1 aromatic rings. The van der Waals surface area contributed by atoms with Crippen LogP contribution >= 0.6 is 0 Å². The van der Waals surface area contributed by atoms with Crippen molar-refractivity contribution in [3.63, 3.8) is 0 Å². The number of hydrogen-bond donors (Lipinski definition) is 2. The maximum atomic E-state index is 9.64. The van der Waals surface area contributed by atoms with Gasteiger partial charge >= 0.3 is 7.12 Å². The van der Waals surface area contributed by atoms with Crippen LogP contribution in [0.15, 0.2) is 11.7 Å². The van der Waals surface area contributed by atoms with Crippen LogP contribution in [0.4, 0.5) is 5.82 Å². The third-order valence-electron chi connectivity index (χ3n) is 4.05. The number of nitrogens with zero attached hydrogens (tertiary/aromatic N) is 2. The first kappa shape index (κ1) is 16.7. The first-order chi connectivity index (χ1) is 10.2. The Kier molecular flexibility index (Phi) is 4.46. The van der Waals surface area contributed by atoms with E-state index in [9.17, 15) is 5.11 Å². The van der Waals surface area contributed by atoms with Crippen LogP contribution in [0.5, 0.6) is 5.88 Å². The number of rotatable bonds is 4. The fraction of sp³-hybridized carbons (Fsp3) is 0.571. The van der Waals surface area contributed by atoms with Gasteiger partial charge in [0.15, 0.2) is 5.82 Å². The van der Waals surface area contributed by atoms with Crippen LogP contribution in [0.3, 0.4) is 0 Å². The molecule has 1 aliphatic heterocycles. The lowest BCUT2D eigenvalue weighted by atomic mass is 9.78. The van der Waals surface area contributed by atoms with E-state index in [2.05, 4.69) is 9.97 Å². The first-order valence-corrected chi connectivity index (χ1v) is 7.03. The Bertz CT molecular complexity index is 573. The largest absolute Gasteiger partial charge is 0.492 e. The predicted molar refractivity (Wildman–Crippen MR) is 84.1 cm³/mol. The lowest BCUT2D eigenvalue weighted by molar-refractivity contribution is 0.00578. The third kappa shape index (κ3) is 3.09. The molecule has 3 N–H and O–H groups in total. The maximum absolute atomic E-state index is 9.64. The Morgan fingerprint density at radius 3 is 2.45 bits per heavy atom. The molecule has 0 aromatic carbocycles. The fourth-order valence-corrected chi connectivity index (χ4v) is 1.99. The Balaban J connectivity index is 2.29. The van der Waals surface area contributed by atoms with Crippen molar-refractivity contribution in [3.05, 3.63) is 17.4 Å². The van der Waals surface area contributed by atoms with E-state index in [4.69, 9.17) is 19.8 Å². The second kappa shape index (κ2) is 5.87. The molecule has 120 valence electrons. The summed E-state index contributed by atoms with van der Waals surface area (Å²) >= 11 is 0. The number of hydrogen-bond acceptors (Lipinski definition) is 7. The van der Waals surface area contributed by atoms with Gasteiger partial charge in [-0.2, -0.15) is 0 Å². The number of nitrogens with two attached hydrogens (primary N) is 1. The van der Waals surface area contributed by atoms with Crippen LogP contribution in [0, 0.1) is 0 Å². The van der Waals surface area contributed by atoms with Crippen molar-refractivity contribution >= 4 is 19.0 Å². The van der Waals surface area contributed by atoms with E-state index >= 15 is 0 Å². The van der Waals surface area contributed by atoms with Gasteiger partial charge in [0, 0.05) is 0 Å². The van der Waals surface area contributed by atoms with E-state index in [1.807, 2.05) is 27.7 Å². The van der Waals surface area contributed by atoms with Crippen molar-refractivity contribution in [2.24, 2.45) is 0 Å². The minimum absolute atomic E-state index is 0.209. The lowest BCUT2D eigenvalue weighted by Crippen LogP contribution is -2.41. The van der Waals surface area contributed by atoms with Crippen LogP contribution < -0.4 is 10.5 Å². The van der Waals surface area contributed by atoms with Crippen molar-refractivity contribution in [1.82, 2.24) is 9.97 Å². The average Bonchev–Trinajstić information content (AvgIpc) is 2.66. The maximum Gasteiger partial charge on any atom is 0.492 e. The Morgan fingerprint density at radius 1 is 1.36 bits per heavy atom. The Labute approximate surface area is 130 Å². The quantitative estimate of drug-likeness (QED) is 0.803. The number of aliphatic hydroxyl groups is 1. The molecule has 0 atom stereocenters. The molecule has 0 amide bonds. The van der Waals surface area contributed by atoms with Gasteiger partial charge in [-0.15, -0.1) is 0 Å². The van der Waals surface area contributed by atoms with Gasteiger partial charge in [0.05, 0.1) is 36.8 Å². The fourth-order valence-electron chi connectivity index (χ4n) is 1.99. The Morgan fingerprint density at radius 2 is 1.95 bits per heavy atom. The van der Waals surface area contributed by atoms with Gasteiger partial charge < -0.3 is 24.9 Å². The summed E-state index contributed by atoms with van der Waals surface area (Å²) in [6.07, 6.45) is 3.16. The molecule has 0 spiro atoms. The summed E-state index contributed by atoms with van der Waals surface area (Å²) in [5.74, 6) is 0.445. The highest BCUT2D eigenvalue weighted by Crippen LogP contribution is 2.38. The molecule has 0 radical (unpaired) electrons. The standard InChI is InChI=1S/C14H22BN3O4/c1-13(2)14(3,4)22-15(21-13)9(8-19)6-10-7-17-11(16)12(18-10)20-5/h6-7,19H,8H2,1-5H3,(H2,16,17). The van der Waals surface area contributed by atoms with Crippen molar-refractivity contribution in [1.29, 1.82) is 0 Å². The number of aliphatic hydroxyl groups excluding tert-OH is 1. The van der Waals surface area contributed by atoms with Crippen molar-refractivity contribution < 1.29 is 19.2 Å². The molecule has 1 saturated heterocycles. The zero-order valence-corrected chi connectivity index (χ0v) is 13.6. The summed E-state index contributed by atoms with van der Waals surface area (Å²) in [5, 5.41) is 9.64. The zero-order valence-electron chi connectivity index (χ0n) is 13.6. The molecular weight excluding hydrogens is 285 g/mol. The van der Waals surface area contributed by atoms with Gasteiger partial charge in [0.2, 0.25) is 0 Å². The van der Waals surface area contributed by atoms with Crippen LogP contribution in [0.25, 0.3) is 6.08 Å². The molecule has 0 unspecified atom stereocenters. The first-order valence-electron chi connectivity index (χ1n) is 7.03. The van der Waals surface area contributed by atoms with E-state index in [-0.39, 0.29) is 18.3 Å². The smallest absolute Gasteiger partial charge is 0.478 e. The Hall–Kier alpha value is -1.64. The number of anilines is 1. The van der Waals surface area contributed by atoms with Gasteiger partial charge in [-0.3, -0.25) is 0 Å². The highest BCUT2D eigenvalue weighted by atomic mass is 16.7. The van der Waals surface area contributed by atoms with E-state index in [0.717, 1.165) is 0 Å². The highest BCUT2D eigenvalue weighted by Gasteiger charge is 2.52. The molecule has 1 aliphatic rings. The van der Waals surface area contributed by atoms with Gasteiger partial charge in [-0.1, -0.05) is 0 Å². The van der Waals surface area contributed by atoms with Gasteiger partial charge in [-0.25, -0.2) is 9.97 Å². The summed E-state index contributed by atoms with van der Waals surface area (Å²) in [7, 11) is 0.829. The molecule has 2 heterocycles. The van der Waals surface area contributed by atoms with E-state index in [1.54, 1.807) is 6.08 Å². The molecule has 22 heavy (non-hydrogen) atoms. The minimum atomic E-state index is -0.639. The van der Waals surface area contributed by atoms with Crippen molar-refractivity contribution in [3.8, 4) is 5.88 Å². The normalized spacial score (nSPS) is 20.3. The SMILES string of the molecule is COc1nc(C=C(CO)B2OC(C)(C)C(C)(C)O2)cnc1N. The molecule has 2 rings (SSSR count). The van der Waals surface area contributed by atoms with E-state index < -0.39 is 18.3 Å². The molecule has 1 fully saturated rings. The molecule has 8 heteroatoms. The summed E-state index contributed by atoms with van der Waals surface area (Å²) < 4.78 is 16.9. The topological polar surface area (TPSA) is 99.7 Å². The third-order valence-corrected chi connectivity index (χ3v) is 4.05. The predicted octanol–water partition coefficient (Wildman–Crippen LogP) is 1.07. The van der Waals surface area contributed by atoms with Crippen LogP contribution in [0.2, 0.25) is 0 Å². The minimum Gasteiger partial charge on any atom is -0.478 e. The molecule has 1 aromatic heterocycles. The molecule has 0 bridgehead atoms.